The largest absolute Gasteiger partial charge is 0.487 e. The van der Waals surface area contributed by atoms with E-state index in [2.05, 4.69) is 10.3 Å². The predicted octanol–water partition coefficient (Wildman–Crippen LogP) is 3.29. The highest BCUT2D eigenvalue weighted by Gasteiger charge is 2.48. The van der Waals surface area contributed by atoms with Crippen molar-refractivity contribution < 1.29 is 18.7 Å². The molecule has 8 heteroatoms. The van der Waals surface area contributed by atoms with Crippen molar-refractivity contribution in [2.24, 2.45) is 22.6 Å². The summed E-state index contributed by atoms with van der Waals surface area (Å²) < 4.78 is 19.8. The smallest absolute Gasteiger partial charge is 0.231 e. The van der Waals surface area contributed by atoms with Crippen molar-refractivity contribution >= 4 is 17.8 Å². The quantitative estimate of drug-likeness (QED) is 0.704. The number of guanidine groups is 1. The van der Waals surface area contributed by atoms with Crippen LogP contribution in [-0.2, 0) is 9.59 Å². The average Bonchev–Trinajstić information content (AvgIpc) is 3.50. The maximum Gasteiger partial charge on any atom is 0.231 e. The van der Waals surface area contributed by atoms with E-state index in [0.717, 1.165) is 12.8 Å². The van der Waals surface area contributed by atoms with Crippen LogP contribution in [0.3, 0.4) is 0 Å². The number of aliphatic imine (C=N–C) groups is 1. The topological polar surface area (TPSA) is 97.0 Å². The average molecular weight is 445 g/mol. The van der Waals surface area contributed by atoms with E-state index < -0.39 is 11.1 Å². The number of hydrogen-bond acceptors (Lipinski definition) is 5. The van der Waals surface area contributed by atoms with Crippen LogP contribution in [0.1, 0.15) is 71.4 Å². The van der Waals surface area contributed by atoms with Gasteiger partial charge in [-0.05, 0) is 57.2 Å². The molecular formula is C24H33FN4O3. The zero-order valence-corrected chi connectivity index (χ0v) is 19.3. The number of halogens is 1. The van der Waals surface area contributed by atoms with E-state index in [9.17, 15) is 14.0 Å². The van der Waals surface area contributed by atoms with E-state index in [1.54, 1.807) is 6.07 Å². The Balaban J connectivity index is 1.41. The normalized spacial score (nSPS) is 27.8. The molecule has 1 saturated carbocycles. The highest BCUT2D eigenvalue weighted by Crippen LogP contribution is 2.43. The van der Waals surface area contributed by atoms with Gasteiger partial charge in [0.2, 0.25) is 11.8 Å². The van der Waals surface area contributed by atoms with Crippen molar-refractivity contribution in [3.05, 3.63) is 29.6 Å². The Morgan fingerprint density at radius 2 is 2.06 bits per heavy atom. The van der Waals surface area contributed by atoms with Crippen LogP contribution in [0.25, 0.3) is 0 Å². The third-order valence-electron chi connectivity index (χ3n) is 7.15. The molecule has 3 N–H and O–H groups in total. The van der Waals surface area contributed by atoms with Gasteiger partial charge >= 0.3 is 0 Å². The van der Waals surface area contributed by atoms with E-state index in [1.165, 1.54) is 17.0 Å². The fourth-order valence-corrected chi connectivity index (χ4v) is 4.94. The van der Waals surface area contributed by atoms with Crippen LogP contribution in [0.5, 0.6) is 5.75 Å². The van der Waals surface area contributed by atoms with Gasteiger partial charge in [-0.25, -0.2) is 9.38 Å². The summed E-state index contributed by atoms with van der Waals surface area (Å²) in [4.78, 5) is 31.9. The van der Waals surface area contributed by atoms with Gasteiger partial charge in [-0.1, -0.05) is 13.8 Å². The lowest BCUT2D eigenvalue weighted by Crippen LogP contribution is -2.52. The molecular weight excluding hydrogens is 411 g/mol. The van der Waals surface area contributed by atoms with E-state index in [1.807, 2.05) is 27.7 Å². The Kier molecular flexibility index (Phi) is 5.67. The monoisotopic (exact) mass is 444 g/mol. The van der Waals surface area contributed by atoms with E-state index >= 15 is 0 Å². The molecule has 4 rings (SSSR count). The van der Waals surface area contributed by atoms with Crippen molar-refractivity contribution in [3.8, 4) is 5.75 Å². The van der Waals surface area contributed by atoms with Gasteiger partial charge in [0.1, 0.15) is 17.2 Å². The molecule has 1 aromatic rings. The maximum atomic E-state index is 13.8. The first-order valence-corrected chi connectivity index (χ1v) is 11.5. The van der Waals surface area contributed by atoms with Gasteiger partial charge in [-0.3, -0.25) is 14.5 Å². The Bertz CT molecular complexity index is 957. The number of nitrogens with zero attached hydrogens (tertiary/aromatic N) is 2. The molecule has 1 fully saturated rings. The Morgan fingerprint density at radius 1 is 1.34 bits per heavy atom. The summed E-state index contributed by atoms with van der Waals surface area (Å²) in [6.07, 6.45) is 3.12. The molecule has 0 radical (unpaired) electrons. The van der Waals surface area contributed by atoms with Crippen LogP contribution >= 0.6 is 0 Å². The van der Waals surface area contributed by atoms with Gasteiger partial charge in [0.15, 0.2) is 5.96 Å². The summed E-state index contributed by atoms with van der Waals surface area (Å²) >= 11 is 0. The molecule has 2 aliphatic heterocycles. The van der Waals surface area contributed by atoms with Crippen molar-refractivity contribution in [1.82, 2.24) is 10.2 Å². The lowest BCUT2D eigenvalue weighted by atomic mass is 9.88. The highest BCUT2D eigenvalue weighted by atomic mass is 19.1. The molecule has 1 aromatic carbocycles. The minimum Gasteiger partial charge on any atom is -0.487 e. The van der Waals surface area contributed by atoms with Gasteiger partial charge in [-0.2, -0.15) is 0 Å². The van der Waals surface area contributed by atoms with Crippen LogP contribution in [0.15, 0.2) is 23.2 Å². The molecule has 3 atom stereocenters. The molecule has 32 heavy (non-hydrogen) atoms. The van der Waals surface area contributed by atoms with Gasteiger partial charge in [-0.15, -0.1) is 0 Å². The lowest BCUT2D eigenvalue weighted by molar-refractivity contribution is -0.130. The number of nitrogens with two attached hydrogens (primary N) is 1. The zero-order valence-electron chi connectivity index (χ0n) is 19.3. The minimum atomic E-state index is -0.470. The summed E-state index contributed by atoms with van der Waals surface area (Å²) in [5.74, 6) is 0.243. The maximum absolute atomic E-state index is 13.8. The lowest BCUT2D eigenvalue weighted by Gasteiger charge is -2.38. The fraction of sp³-hybridized carbons (Fsp3) is 0.625. The summed E-state index contributed by atoms with van der Waals surface area (Å²) in [5.41, 5.74) is 5.93. The summed E-state index contributed by atoms with van der Waals surface area (Å²) in [6.45, 7) is 8.35. The molecule has 174 valence electrons. The first kappa shape index (κ1) is 22.6. The number of amides is 2. The van der Waals surface area contributed by atoms with Crippen LogP contribution < -0.4 is 15.8 Å². The van der Waals surface area contributed by atoms with Crippen molar-refractivity contribution in [1.29, 1.82) is 0 Å². The van der Waals surface area contributed by atoms with Crippen molar-refractivity contribution in [2.45, 2.75) is 77.0 Å². The van der Waals surface area contributed by atoms with E-state index in [0.29, 0.717) is 37.1 Å². The molecule has 0 spiro atoms. The number of rotatable bonds is 6. The van der Waals surface area contributed by atoms with E-state index in [-0.39, 0.29) is 41.5 Å². The van der Waals surface area contributed by atoms with Crippen LogP contribution in [0.2, 0.25) is 0 Å². The third kappa shape index (κ3) is 4.32. The van der Waals surface area contributed by atoms with Gasteiger partial charge in [0.25, 0.3) is 0 Å². The third-order valence-corrected chi connectivity index (χ3v) is 7.15. The molecule has 1 aliphatic carbocycles. The first-order chi connectivity index (χ1) is 15.1. The zero-order chi connectivity index (χ0) is 23.3. The van der Waals surface area contributed by atoms with Crippen LogP contribution in [0.4, 0.5) is 4.39 Å². The number of ether oxygens (including phenoxy) is 1. The number of benzene rings is 1. The number of carbonyl (C=O) groups excluding carboxylic acids is 2. The van der Waals surface area contributed by atoms with Crippen LogP contribution in [0, 0.1) is 17.7 Å². The number of hydrogen-bond donors (Lipinski definition) is 2. The van der Waals surface area contributed by atoms with Crippen molar-refractivity contribution in [2.75, 3.05) is 6.54 Å². The second kappa shape index (κ2) is 8.05. The highest BCUT2D eigenvalue weighted by molar-refractivity contribution is 5.99. The molecule has 3 aliphatic rings. The molecule has 0 aromatic heterocycles. The minimum absolute atomic E-state index is 0.0251. The standard InChI is InChI=1S/C24H33FN4O3/c1-5-24(6-2)12-20(30)29(22(26)28-24)13-14-9-16(14)21(31)27-18-11-23(3,4)32-19-8-7-15(25)10-17(18)19/h7-8,10,14,16,18H,5-6,9,11-13H2,1-4H3,(H2,26,28)(H,27,31)/t14-,16+,18+/m1/s1. The number of nitrogens with one attached hydrogen (secondary N) is 1. The van der Waals surface area contributed by atoms with Crippen molar-refractivity contribution in [3.63, 3.8) is 0 Å². The molecule has 2 heterocycles. The molecule has 0 bridgehead atoms. The fourth-order valence-electron chi connectivity index (χ4n) is 4.94. The SMILES string of the molecule is CCC1(CC)CC(=O)N(C[C@H]2C[C@@H]2C(=O)N[C@H]2CC(C)(C)Oc3ccc(F)cc32)C(N)=N1. The van der Waals surface area contributed by atoms with Crippen LogP contribution in [-0.4, -0.2) is 40.4 Å². The Labute approximate surface area is 188 Å². The number of carbonyl (C=O) groups is 2. The molecule has 0 saturated heterocycles. The van der Waals surface area contributed by atoms with Gasteiger partial charge in [0.05, 0.1) is 18.0 Å². The molecule has 7 nitrogen and oxygen atoms in total. The number of fused-ring (bicyclic) bond motifs is 1. The Hall–Kier alpha value is -2.64. The van der Waals surface area contributed by atoms with Gasteiger partial charge in [0, 0.05) is 24.4 Å². The molecule has 2 amide bonds. The predicted molar refractivity (Wildman–Crippen MR) is 119 cm³/mol. The summed E-state index contributed by atoms with van der Waals surface area (Å²) in [7, 11) is 0. The van der Waals surface area contributed by atoms with Gasteiger partial charge < -0.3 is 15.8 Å². The summed E-state index contributed by atoms with van der Waals surface area (Å²) in [6, 6.07) is 4.08. The first-order valence-electron chi connectivity index (χ1n) is 11.5. The Morgan fingerprint density at radius 3 is 2.72 bits per heavy atom. The molecule has 0 unspecified atom stereocenters. The second-order valence-electron chi connectivity index (χ2n) is 9.99. The van der Waals surface area contributed by atoms with E-state index in [4.69, 9.17) is 10.5 Å². The second-order valence-corrected chi connectivity index (χ2v) is 9.99. The summed E-state index contributed by atoms with van der Waals surface area (Å²) in [5, 5.41) is 3.09.